The molecule has 2 heterocycles. The maximum absolute atomic E-state index is 12.4. The van der Waals surface area contributed by atoms with E-state index in [1.165, 1.54) is 6.07 Å². The van der Waals surface area contributed by atoms with Crippen LogP contribution in [0, 0.1) is 0 Å². The molecular formula is C36H40N2O14S4. The third kappa shape index (κ3) is 8.97. The highest BCUT2D eigenvalue weighted by molar-refractivity contribution is 7.87. The smallest absolute Gasteiger partial charge is 0.298 e. The number of carbonyl (C=O) groups excluding carboxylic acids is 1. The predicted molar refractivity (Wildman–Crippen MR) is 206 cm³/mol. The number of allylic oxidation sites excluding steroid dienone is 6. The second kappa shape index (κ2) is 15.2. The highest BCUT2D eigenvalue weighted by Gasteiger charge is 2.46. The first-order chi connectivity index (χ1) is 25.8. The lowest BCUT2D eigenvalue weighted by molar-refractivity contribution is -0.437. The third-order valence-corrected chi connectivity index (χ3v) is 13.1. The van der Waals surface area contributed by atoms with Crippen LogP contribution in [0.4, 0.5) is 11.4 Å². The van der Waals surface area contributed by atoms with Crippen LogP contribution >= 0.6 is 0 Å². The highest BCUT2D eigenvalue weighted by atomic mass is 32.2. The van der Waals surface area contributed by atoms with Gasteiger partial charge < -0.3 is 14.2 Å². The number of anilines is 1. The number of benzene rings is 3. The molecule has 0 unspecified atom stereocenters. The van der Waals surface area contributed by atoms with Crippen molar-refractivity contribution in [3.8, 4) is 5.75 Å². The molecule has 0 fully saturated rings. The van der Waals surface area contributed by atoms with Crippen molar-refractivity contribution >= 4 is 74.8 Å². The Morgan fingerprint density at radius 2 is 1.50 bits per heavy atom. The van der Waals surface area contributed by atoms with E-state index in [1.54, 1.807) is 73.1 Å². The van der Waals surface area contributed by atoms with Crippen molar-refractivity contribution in [1.29, 1.82) is 0 Å². The average molecular weight is 853 g/mol. The van der Waals surface area contributed by atoms with Gasteiger partial charge in [-0.1, -0.05) is 32.1 Å². The number of nitrogens with zero attached hydrogens (tertiary/aromatic N) is 2. The summed E-state index contributed by atoms with van der Waals surface area (Å²) in [6, 6.07) is 9.71. The topological polar surface area (TPSA) is 253 Å². The van der Waals surface area contributed by atoms with Gasteiger partial charge in [0.05, 0.1) is 26.2 Å². The quantitative estimate of drug-likeness (QED) is 0.0836. The summed E-state index contributed by atoms with van der Waals surface area (Å²) in [5.74, 6) is -0.837. The van der Waals surface area contributed by atoms with Gasteiger partial charge >= 0.3 is 0 Å². The molecule has 0 aromatic heterocycles. The maximum Gasteiger partial charge on any atom is 0.298 e. The Morgan fingerprint density at radius 3 is 2.11 bits per heavy atom. The minimum atomic E-state index is -4.98. The third-order valence-electron chi connectivity index (χ3n) is 9.81. The number of carbonyl (C=O) groups is 1. The average Bonchev–Trinajstić information content (AvgIpc) is 3.40. The molecule has 0 spiro atoms. The molecule has 302 valence electrons. The Kier molecular flexibility index (Phi) is 11.7. The van der Waals surface area contributed by atoms with E-state index in [0.29, 0.717) is 35.3 Å². The van der Waals surface area contributed by atoms with Gasteiger partial charge in [0.25, 0.3) is 36.8 Å². The monoisotopic (exact) mass is 852 g/mol. The Balaban J connectivity index is 1.59. The Labute approximate surface area is 325 Å². The molecule has 2 aliphatic heterocycles. The van der Waals surface area contributed by atoms with E-state index in [9.17, 15) is 56.7 Å². The van der Waals surface area contributed by atoms with Crippen LogP contribution in [0.15, 0.2) is 88.3 Å². The van der Waals surface area contributed by atoms with Crippen molar-refractivity contribution in [3.63, 3.8) is 0 Å². The first kappa shape index (κ1) is 42.9. The standard InChI is InChI=1S/C36H40N2O14S4/c1-35(2)28-20-24(52-23-39)12-14-29(28)37(16-8-18-53(40,41)42)32(35)10-6-5-7-11-33-36(3,4)34-27-21-25(55(46,47)48)22-31(56(49,50)51)26(27)13-15-30(34)38(33)17-9-19-54(43,44)45/h5-7,10-15,20-23H,8-9,16-19H2,1-4H3,(H3-,40,41,42,43,44,45,46,47,48,49,50,51). The summed E-state index contributed by atoms with van der Waals surface area (Å²) in [6.45, 7) is 7.95. The van der Waals surface area contributed by atoms with Crippen molar-refractivity contribution in [2.24, 2.45) is 0 Å². The van der Waals surface area contributed by atoms with E-state index in [1.807, 2.05) is 18.7 Å². The fraction of sp³-hybridized carbons (Fsp3) is 0.333. The molecule has 56 heavy (non-hydrogen) atoms. The molecule has 5 rings (SSSR count). The summed E-state index contributed by atoms with van der Waals surface area (Å²) in [7, 11) is -18.7. The summed E-state index contributed by atoms with van der Waals surface area (Å²) < 4.78 is 143. The van der Waals surface area contributed by atoms with E-state index < -0.39 is 72.6 Å². The van der Waals surface area contributed by atoms with Crippen LogP contribution in [0.5, 0.6) is 5.75 Å². The molecule has 0 saturated carbocycles. The molecule has 0 atom stereocenters. The van der Waals surface area contributed by atoms with E-state index in [2.05, 4.69) is 0 Å². The number of hydrogen-bond donors (Lipinski definition) is 3. The SMILES string of the molecule is CC1(C)C(/C=C/C=C/C=C2/N(CCCS(=O)(=O)[O-])c3ccc(OC=O)cc3C2(C)C)=[N+](CCCS(=O)(=O)O)c2ccc3c(S(=O)(=O)O)cc(S(=O)(=O)O)cc3c21. The zero-order valence-corrected chi connectivity index (χ0v) is 33.9. The van der Waals surface area contributed by atoms with Gasteiger partial charge in [0, 0.05) is 58.6 Å². The first-order valence-electron chi connectivity index (χ1n) is 16.9. The van der Waals surface area contributed by atoms with Crippen molar-refractivity contribution in [1.82, 2.24) is 0 Å². The van der Waals surface area contributed by atoms with Crippen LogP contribution in [-0.4, -0.2) is 93.2 Å². The van der Waals surface area contributed by atoms with Crippen LogP contribution < -0.4 is 9.64 Å². The Hall–Kier alpha value is -4.28. The first-order valence-corrected chi connectivity index (χ1v) is 23.0. The lowest BCUT2D eigenvalue weighted by Gasteiger charge is -2.27. The Bertz CT molecular complexity index is 2700. The summed E-state index contributed by atoms with van der Waals surface area (Å²) in [4.78, 5) is 11.4. The van der Waals surface area contributed by atoms with Gasteiger partial charge in [0.15, 0.2) is 5.71 Å². The molecule has 0 bridgehead atoms. The van der Waals surface area contributed by atoms with Crippen molar-refractivity contribution in [2.75, 3.05) is 29.5 Å². The fourth-order valence-electron chi connectivity index (χ4n) is 7.43. The fourth-order valence-corrected chi connectivity index (χ4v) is 9.75. The number of rotatable bonds is 15. The van der Waals surface area contributed by atoms with Crippen molar-refractivity contribution in [2.45, 2.75) is 61.2 Å². The molecule has 20 heteroatoms. The van der Waals surface area contributed by atoms with Crippen molar-refractivity contribution < 1.29 is 66.0 Å². The largest absolute Gasteiger partial charge is 0.748 e. The van der Waals surface area contributed by atoms with E-state index in [4.69, 9.17) is 4.74 Å². The summed E-state index contributed by atoms with van der Waals surface area (Å²) >= 11 is 0. The van der Waals surface area contributed by atoms with Crippen LogP contribution in [0.3, 0.4) is 0 Å². The molecule has 3 N–H and O–H groups in total. The Morgan fingerprint density at radius 1 is 0.804 bits per heavy atom. The van der Waals surface area contributed by atoms with Crippen LogP contribution in [0.25, 0.3) is 10.8 Å². The van der Waals surface area contributed by atoms with Gasteiger partial charge in [0.2, 0.25) is 5.69 Å². The number of hydrogen-bond acceptors (Lipinski definition) is 12. The number of fused-ring (bicyclic) bond motifs is 4. The normalized spacial score (nSPS) is 17.7. The van der Waals surface area contributed by atoms with Crippen LogP contribution in [0.2, 0.25) is 0 Å². The van der Waals surface area contributed by atoms with Crippen molar-refractivity contribution in [3.05, 3.63) is 89.7 Å². The molecule has 16 nitrogen and oxygen atoms in total. The number of ether oxygens (including phenoxy) is 1. The zero-order chi connectivity index (χ0) is 41.6. The summed E-state index contributed by atoms with van der Waals surface area (Å²) in [6.07, 6.45) is 8.64. The van der Waals surface area contributed by atoms with Gasteiger partial charge in [-0.05, 0) is 73.7 Å². The van der Waals surface area contributed by atoms with Gasteiger partial charge in [-0.3, -0.25) is 18.5 Å². The maximum atomic E-state index is 12.4. The lowest BCUT2D eigenvalue weighted by atomic mass is 9.79. The van der Waals surface area contributed by atoms with Gasteiger partial charge in [-0.15, -0.1) is 0 Å². The minimum Gasteiger partial charge on any atom is -0.748 e. The summed E-state index contributed by atoms with van der Waals surface area (Å²) in [5, 5.41) is 0.0667. The molecule has 0 aliphatic carbocycles. The lowest BCUT2D eigenvalue weighted by Crippen LogP contribution is -2.28. The van der Waals surface area contributed by atoms with Gasteiger partial charge in [0.1, 0.15) is 17.2 Å². The summed E-state index contributed by atoms with van der Waals surface area (Å²) in [5.41, 5.74) is 2.01. The molecule has 3 aromatic rings. The molecule has 0 amide bonds. The zero-order valence-electron chi connectivity index (χ0n) is 30.6. The van der Waals surface area contributed by atoms with Crippen LogP contribution in [-0.2, 0) is 56.1 Å². The van der Waals surface area contributed by atoms with E-state index in [-0.39, 0.29) is 36.7 Å². The van der Waals surface area contributed by atoms with E-state index >= 15 is 0 Å². The predicted octanol–water partition coefficient (Wildman–Crippen LogP) is 4.25. The van der Waals surface area contributed by atoms with Gasteiger partial charge in [-0.2, -0.15) is 29.8 Å². The molecule has 3 aromatic carbocycles. The second-order valence-electron chi connectivity index (χ2n) is 14.3. The molecule has 0 saturated heterocycles. The minimum absolute atomic E-state index is 0.0243. The molecule has 2 aliphatic rings. The second-order valence-corrected chi connectivity index (χ2v) is 20.2. The molecule has 0 radical (unpaired) electrons. The molecular weight excluding hydrogens is 813 g/mol. The highest BCUT2D eigenvalue weighted by Crippen LogP contribution is 2.49. The van der Waals surface area contributed by atoms with E-state index in [0.717, 1.165) is 23.0 Å². The van der Waals surface area contributed by atoms with Crippen LogP contribution in [0.1, 0.15) is 51.7 Å². The van der Waals surface area contributed by atoms with Gasteiger partial charge in [-0.25, -0.2) is 8.42 Å².